The Bertz CT molecular complexity index is 581. The predicted molar refractivity (Wildman–Crippen MR) is 73.6 cm³/mol. The highest BCUT2D eigenvalue weighted by Gasteiger charge is 2.32. The van der Waals surface area contributed by atoms with Crippen LogP contribution in [0.5, 0.6) is 0 Å². The lowest BCUT2D eigenvalue weighted by molar-refractivity contribution is -0.387. The van der Waals surface area contributed by atoms with Crippen molar-refractivity contribution >= 4 is 11.6 Å². The molecular weight excluding hydrogens is 277 g/mol. The molecule has 0 bridgehead atoms. The van der Waals surface area contributed by atoms with Crippen molar-refractivity contribution in [2.45, 2.75) is 18.9 Å². The lowest BCUT2D eigenvalue weighted by Crippen LogP contribution is -2.49. The molecule has 0 aromatic heterocycles. The predicted octanol–water partition coefficient (Wildman–Crippen LogP) is 1.65. The van der Waals surface area contributed by atoms with Crippen molar-refractivity contribution < 1.29 is 14.1 Å². The van der Waals surface area contributed by atoms with Gasteiger partial charge in [-0.2, -0.15) is 4.39 Å². The number of amides is 1. The Kier molecular flexibility index (Phi) is 3.59. The summed E-state index contributed by atoms with van der Waals surface area (Å²) in [5, 5.41) is 10.6. The van der Waals surface area contributed by atoms with Gasteiger partial charge in [0.05, 0.1) is 4.92 Å². The summed E-state index contributed by atoms with van der Waals surface area (Å²) in [5.74, 6) is -1.23. The van der Waals surface area contributed by atoms with E-state index in [9.17, 15) is 19.3 Å². The number of carbonyl (C=O) groups is 1. The van der Waals surface area contributed by atoms with Crippen LogP contribution in [0.4, 0.5) is 10.1 Å². The standard InChI is InChI=1S/C14H16FN3O3/c15-12-9-10(1-4-13(12)18(20)21)14(19)17-7-5-16(6-8-17)11-2-3-11/h1,4,9,11H,2-3,5-8H2. The second kappa shape index (κ2) is 5.40. The molecule has 0 atom stereocenters. The SMILES string of the molecule is O=C(c1ccc([N+](=O)[O-])c(F)c1)N1CCN(C2CC2)CC1. The molecule has 1 amide bonds. The van der Waals surface area contributed by atoms with E-state index in [2.05, 4.69) is 4.90 Å². The van der Waals surface area contributed by atoms with Crippen molar-refractivity contribution in [2.75, 3.05) is 26.2 Å². The number of hydrogen-bond acceptors (Lipinski definition) is 4. The van der Waals surface area contributed by atoms with E-state index < -0.39 is 16.4 Å². The summed E-state index contributed by atoms with van der Waals surface area (Å²) >= 11 is 0. The zero-order valence-corrected chi connectivity index (χ0v) is 11.5. The molecule has 0 N–H and O–H groups in total. The van der Waals surface area contributed by atoms with Gasteiger partial charge in [-0.1, -0.05) is 0 Å². The van der Waals surface area contributed by atoms with Crippen LogP contribution in [0.1, 0.15) is 23.2 Å². The van der Waals surface area contributed by atoms with Crippen molar-refractivity contribution in [2.24, 2.45) is 0 Å². The molecular formula is C14H16FN3O3. The van der Waals surface area contributed by atoms with Gasteiger partial charge in [-0.15, -0.1) is 0 Å². The van der Waals surface area contributed by atoms with Gasteiger partial charge in [-0.25, -0.2) is 0 Å². The number of rotatable bonds is 3. The van der Waals surface area contributed by atoms with E-state index in [0.717, 1.165) is 25.2 Å². The lowest BCUT2D eigenvalue weighted by atomic mass is 10.1. The Hall–Kier alpha value is -2.02. The van der Waals surface area contributed by atoms with E-state index in [-0.39, 0.29) is 11.5 Å². The van der Waals surface area contributed by atoms with E-state index in [1.807, 2.05) is 0 Å². The number of nitro groups is 1. The topological polar surface area (TPSA) is 66.7 Å². The summed E-state index contributed by atoms with van der Waals surface area (Å²) in [4.78, 5) is 26.1. The first-order valence-electron chi connectivity index (χ1n) is 7.03. The van der Waals surface area contributed by atoms with Gasteiger partial charge in [0.2, 0.25) is 5.82 Å². The van der Waals surface area contributed by atoms with Crippen LogP contribution in [0.3, 0.4) is 0 Å². The number of nitrogens with zero attached hydrogens (tertiary/aromatic N) is 3. The van der Waals surface area contributed by atoms with Crippen LogP contribution < -0.4 is 0 Å². The molecule has 3 rings (SSSR count). The molecule has 1 aliphatic heterocycles. The number of hydrogen-bond donors (Lipinski definition) is 0. The summed E-state index contributed by atoms with van der Waals surface area (Å²) in [6, 6.07) is 3.99. The molecule has 1 aromatic rings. The van der Waals surface area contributed by atoms with E-state index >= 15 is 0 Å². The Morgan fingerprint density at radius 2 is 1.90 bits per heavy atom. The number of halogens is 1. The van der Waals surface area contributed by atoms with Crippen LogP contribution in [0.2, 0.25) is 0 Å². The zero-order valence-electron chi connectivity index (χ0n) is 11.5. The van der Waals surface area contributed by atoms with E-state index in [1.54, 1.807) is 4.90 Å². The molecule has 2 aliphatic rings. The maximum Gasteiger partial charge on any atom is 0.304 e. The van der Waals surface area contributed by atoms with Gasteiger partial charge in [0.25, 0.3) is 5.91 Å². The molecule has 2 fully saturated rings. The molecule has 1 heterocycles. The molecule has 21 heavy (non-hydrogen) atoms. The Labute approximate surface area is 121 Å². The fourth-order valence-electron chi connectivity index (χ4n) is 2.70. The number of benzene rings is 1. The Morgan fingerprint density at radius 3 is 2.43 bits per heavy atom. The third kappa shape index (κ3) is 2.87. The monoisotopic (exact) mass is 293 g/mol. The molecule has 112 valence electrons. The summed E-state index contributed by atoms with van der Waals surface area (Å²) in [6.45, 7) is 2.92. The van der Waals surface area contributed by atoms with Crippen molar-refractivity contribution in [1.29, 1.82) is 0 Å². The van der Waals surface area contributed by atoms with E-state index in [1.165, 1.54) is 18.9 Å². The maximum atomic E-state index is 13.6. The molecule has 7 heteroatoms. The molecule has 1 aliphatic carbocycles. The fourth-order valence-corrected chi connectivity index (χ4v) is 2.70. The van der Waals surface area contributed by atoms with Gasteiger partial charge in [-0.05, 0) is 25.0 Å². The first kappa shape index (κ1) is 13.9. The van der Waals surface area contributed by atoms with Gasteiger partial charge >= 0.3 is 5.69 Å². The molecule has 1 aromatic carbocycles. The lowest BCUT2D eigenvalue weighted by Gasteiger charge is -2.34. The van der Waals surface area contributed by atoms with Crippen molar-refractivity contribution in [3.8, 4) is 0 Å². The van der Waals surface area contributed by atoms with Gasteiger partial charge in [-0.3, -0.25) is 19.8 Å². The average Bonchev–Trinajstić information content (AvgIpc) is 3.31. The fraction of sp³-hybridized carbons (Fsp3) is 0.500. The summed E-state index contributed by atoms with van der Waals surface area (Å²) in [7, 11) is 0. The van der Waals surface area contributed by atoms with Crippen LogP contribution >= 0.6 is 0 Å². The smallest absolute Gasteiger partial charge is 0.304 e. The third-order valence-electron chi connectivity index (χ3n) is 4.06. The molecule has 0 unspecified atom stereocenters. The van der Waals surface area contributed by atoms with E-state index in [4.69, 9.17) is 0 Å². The summed E-state index contributed by atoms with van der Waals surface area (Å²) in [6.07, 6.45) is 2.48. The Balaban J connectivity index is 1.67. The average molecular weight is 293 g/mol. The minimum Gasteiger partial charge on any atom is -0.336 e. The van der Waals surface area contributed by atoms with Gasteiger partial charge < -0.3 is 4.90 Å². The van der Waals surface area contributed by atoms with Crippen molar-refractivity contribution in [1.82, 2.24) is 9.80 Å². The molecule has 1 saturated carbocycles. The first-order valence-corrected chi connectivity index (χ1v) is 7.03. The molecule has 1 saturated heterocycles. The molecule has 6 nitrogen and oxygen atoms in total. The van der Waals surface area contributed by atoms with Crippen LogP contribution in [0.25, 0.3) is 0 Å². The highest BCUT2D eigenvalue weighted by atomic mass is 19.1. The first-order chi connectivity index (χ1) is 10.1. The van der Waals surface area contributed by atoms with Crippen LogP contribution in [0, 0.1) is 15.9 Å². The van der Waals surface area contributed by atoms with Gasteiger partial charge in [0.1, 0.15) is 0 Å². The second-order valence-corrected chi connectivity index (χ2v) is 5.48. The zero-order chi connectivity index (χ0) is 15.0. The van der Waals surface area contributed by atoms with E-state index in [0.29, 0.717) is 19.1 Å². The number of carbonyl (C=O) groups excluding carboxylic acids is 1. The maximum absolute atomic E-state index is 13.6. The van der Waals surface area contributed by atoms with Gasteiger partial charge in [0.15, 0.2) is 0 Å². The Morgan fingerprint density at radius 1 is 1.24 bits per heavy atom. The largest absolute Gasteiger partial charge is 0.336 e. The summed E-state index contributed by atoms with van der Waals surface area (Å²) in [5.41, 5.74) is -0.442. The quantitative estimate of drug-likeness (QED) is 0.628. The number of piperazine rings is 1. The molecule has 0 spiro atoms. The molecule has 0 radical (unpaired) electrons. The van der Waals surface area contributed by atoms with Gasteiger partial charge in [0, 0.05) is 43.9 Å². The minimum atomic E-state index is -0.970. The highest BCUT2D eigenvalue weighted by molar-refractivity contribution is 5.94. The van der Waals surface area contributed by atoms with Crippen molar-refractivity contribution in [3.05, 3.63) is 39.7 Å². The van der Waals surface area contributed by atoms with Crippen LogP contribution in [0.15, 0.2) is 18.2 Å². The van der Waals surface area contributed by atoms with Crippen LogP contribution in [-0.4, -0.2) is 52.9 Å². The second-order valence-electron chi connectivity index (χ2n) is 5.48. The minimum absolute atomic E-state index is 0.165. The summed E-state index contributed by atoms with van der Waals surface area (Å²) < 4.78 is 13.6. The van der Waals surface area contributed by atoms with Crippen molar-refractivity contribution in [3.63, 3.8) is 0 Å². The number of nitro benzene ring substituents is 1. The normalized spacial score (nSPS) is 19.6. The highest BCUT2D eigenvalue weighted by Crippen LogP contribution is 2.27. The third-order valence-corrected chi connectivity index (χ3v) is 4.06. The van der Waals surface area contributed by atoms with Crippen LogP contribution in [-0.2, 0) is 0 Å².